The molecule has 6 heteroatoms. The quantitative estimate of drug-likeness (QED) is 0.757. The molecular formula is C12H18N4O2. The van der Waals surface area contributed by atoms with E-state index < -0.39 is 0 Å². The zero-order chi connectivity index (χ0) is 12.8. The third kappa shape index (κ3) is 3.41. The van der Waals surface area contributed by atoms with Crippen LogP contribution >= 0.6 is 0 Å². The number of oxazole rings is 1. The molecule has 0 aliphatic heterocycles. The number of aliphatic hydroxyl groups excluding tert-OH is 1. The Balaban J connectivity index is 1.77. The second-order valence-corrected chi connectivity index (χ2v) is 4.01. The summed E-state index contributed by atoms with van der Waals surface area (Å²) < 4.78 is 7.21. The molecule has 0 saturated carbocycles. The van der Waals surface area contributed by atoms with E-state index in [1.54, 1.807) is 17.1 Å². The Morgan fingerprint density at radius 2 is 2.28 bits per heavy atom. The van der Waals surface area contributed by atoms with Gasteiger partial charge in [0.25, 0.3) is 0 Å². The van der Waals surface area contributed by atoms with E-state index in [-0.39, 0.29) is 6.61 Å². The van der Waals surface area contributed by atoms with Crippen LogP contribution in [0.2, 0.25) is 0 Å². The predicted octanol–water partition coefficient (Wildman–Crippen LogP) is 0.716. The molecule has 6 nitrogen and oxygen atoms in total. The summed E-state index contributed by atoms with van der Waals surface area (Å²) in [5, 5.41) is 16.1. The molecule has 0 aliphatic carbocycles. The number of hydrogen-bond acceptors (Lipinski definition) is 5. The molecule has 98 valence electrons. The zero-order valence-corrected chi connectivity index (χ0v) is 10.5. The molecule has 0 spiro atoms. The van der Waals surface area contributed by atoms with E-state index in [4.69, 9.17) is 9.52 Å². The lowest BCUT2D eigenvalue weighted by atomic mass is 10.3. The highest BCUT2D eigenvalue weighted by Gasteiger charge is 2.02. The molecular weight excluding hydrogens is 232 g/mol. The minimum atomic E-state index is 0.102. The first-order valence-electron chi connectivity index (χ1n) is 6.08. The van der Waals surface area contributed by atoms with Gasteiger partial charge < -0.3 is 14.8 Å². The highest BCUT2D eigenvalue weighted by atomic mass is 16.4. The normalized spacial score (nSPS) is 11.0. The number of aryl methyl sites for hydroxylation is 1. The van der Waals surface area contributed by atoms with Gasteiger partial charge in [0.05, 0.1) is 32.1 Å². The second kappa shape index (κ2) is 6.32. The maximum absolute atomic E-state index is 8.78. The molecule has 18 heavy (non-hydrogen) atoms. The largest absolute Gasteiger partial charge is 0.444 e. The summed E-state index contributed by atoms with van der Waals surface area (Å²) in [6.07, 6.45) is 6.32. The molecule has 2 heterocycles. The Morgan fingerprint density at radius 1 is 1.39 bits per heavy atom. The fourth-order valence-electron chi connectivity index (χ4n) is 1.63. The van der Waals surface area contributed by atoms with Crippen molar-refractivity contribution in [2.45, 2.75) is 33.0 Å². The van der Waals surface area contributed by atoms with Gasteiger partial charge in [0.2, 0.25) is 5.89 Å². The molecule has 2 rings (SSSR count). The molecule has 0 aromatic carbocycles. The highest BCUT2D eigenvalue weighted by Crippen LogP contribution is 2.04. The summed E-state index contributed by atoms with van der Waals surface area (Å²) in [4.78, 5) is 4.17. The Morgan fingerprint density at radius 3 is 3.00 bits per heavy atom. The standard InChI is InChI=1S/C12H18N4O2/c1-2-11-7-14-12(18-11)8-13-5-10-6-15-16(9-10)3-4-17/h6-7,9,13,17H,2-5,8H2,1H3. The predicted molar refractivity (Wildman–Crippen MR) is 65.7 cm³/mol. The number of hydrogen-bond donors (Lipinski definition) is 2. The van der Waals surface area contributed by atoms with Crippen molar-refractivity contribution in [3.05, 3.63) is 35.8 Å². The van der Waals surface area contributed by atoms with Crippen LogP contribution in [-0.2, 0) is 26.1 Å². The lowest BCUT2D eigenvalue weighted by molar-refractivity contribution is 0.269. The maximum atomic E-state index is 8.78. The van der Waals surface area contributed by atoms with E-state index in [0.29, 0.717) is 25.5 Å². The zero-order valence-electron chi connectivity index (χ0n) is 10.5. The van der Waals surface area contributed by atoms with Crippen LogP contribution in [0.5, 0.6) is 0 Å². The van der Waals surface area contributed by atoms with Crippen LogP contribution in [0.4, 0.5) is 0 Å². The van der Waals surface area contributed by atoms with Crippen molar-refractivity contribution in [3.63, 3.8) is 0 Å². The third-order valence-electron chi connectivity index (χ3n) is 2.57. The Labute approximate surface area is 106 Å². The minimum Gasteiger partial charge on any atom is -0.444 e. The number of aliphatic hydroxyl groups is 1. The van der Waals surface area contributed by atoms with Crippen LogP contribution in [0.1, 0.15) is 24.1 Å². The van der Waals surface area contributed by atoms with Crippen LogP contribution in [-0.4, -0.2) is 26.5 Å². The molecule has 0 unspecified atom stereocenters. The van der Waals surface area contributed by atoms with Crippen molar-refractivity contribution in [1.29, 1.82) is 0 Å². The number of aromatic nitrogens is 3. The van der Waals surface area contributed by atoms with Crippen LogP contribution < -0.4 is 5.32 Å². The molecule has 2 aromatic rings. The van der Waals surface area contributed by atoms with E-state index in [1.165, 1.54) is 0 Å². The summed E-state index contributed by atoms with van der Waals surface area (Å²) in [7, 11) is 0. The van der Waals surface area contributed by atoms with Crippen LogP contribution in [0.3, 0.4) is 0 Å². The van der Waals surface area contributed by atoms with E-state index in [0.717, 1.165) is 17.7 Å². The summed E-state index contributed by atoms with van der Waals surface area (Å²) in [6, 6.07) is 0. The summed E-state index contributed by atoms with van der Waals surface area (Å²) in [5.74, 6) is 1.61. The Kier molecular flexibility index (Phi) is 4.49. The van der Waals surface area contributed by atoms with Crippen molar-refractivity contribution in [2.75, 3.05) is 6.61 Å². The van der Waals surface area contributed by atoms with Crippen molar-refractivity contribution in [3.8, 4) is 0 Å². The first-order valence-corrected chi connectivity index (χ1v) is 6.08. The molecule has 2 N–H and O–H groups in total. The second-order valence-electron chi connectivity index (χ2n) is 4.01. The van der Waals surface area contributed by atoms with Crippen LogP contribution in [0.15, 0.2) is 23.0 Å². The van der Waals surface area contributed by atoms with Gasteiger partial charge in [-0.1, -0.05) is 6.92 Å². The lowest BCUT2D eigenvalue weighted by Crippen LogP contribution is -2.12. The van der Waals surface area contributed by atoms with Crippen molar-refractivity contribution in [1.82, 2.24) is 20.1 Å². The first kappa shape index (κ1) is 12.8. The Bertz CT molecular complexity index is 478. The summed E-state index contributed by atoms with van der Waals surface area (Å²) in [5.41, 5.74) is 1.07. The average Bonchev–Trinajstić information content (AvgIpc) is 2.99. The van der Waals surface area contributed by atoms with E-state index in [2.05, 4.69) is 15.4 Å². The topological polar surface area (TPSA) is 76.1 Å². The molecule has 0 radical (unpaired) electrons. The van der Waals surface area contributed by atoms with Crippen LogP contribution in [0.25, 0.3) is 0 Å². The molecule has 0 aliphatic rings. The van der Waals surface area contributed by atoms with Crippen molar-refractivity contribution >= 4 is 0 Å². The van der Waals surface area contributed by atoms with Crippen molar-refractivity contribution < 1.29 is 9.52 Å². The number of rotatable bonds is 7. The minimum absolute atomic E-state index is 0.102. The van der Waals surface area contributed by atoms with Gasteiger partial charge in [0, 0.05) is 24.7 Å². The van der Waals surface area contributed by atoms with Gasteiger partial charge in [-0.25, -0.2) is 4.98 Å². The van der Waals surface area contributed by atoms with Crippen molar-refractivity contribution in [2.24, 2.45) is 0 Å². The molecule has 0 amide bonds. The van der Waals surface area contributed by atoms with Gasteiger partial charge in [0.1, 0.15) is 5.76 Å². The van der Waals surface area contributed by atoms with E-state index >= 15 is 0 Å². The van der Waals surface area contributed by atoms with E-state index in [1.807, 2.05) is 13.1 Å². The fraction of sp³-hybridized carbons (Fsp3) is 0.500. The number of nitrogens with one attached hydrogen (secondary N) is 1. The third-order valence-corrected chi connectivity index (χ3v) is 2.57. The lowest BCUT2D eigenvalue weighted by Gasteiger charge is -1.99. The summed E-state index contributed by atoms with van der Waals surface area (Å²) >= 11 is 0. The fourth-order valence-corrected chi connectivity index (χ4v) is 1.63. The smallest absolute Gasteiger partial charge is 0.208 e. The van der Waals surface area contributed by atoms with Gasteiger partial charge in [-0.05, 0) is 0 Å². The van der Waals surface area contributed by atoms with Gasteiger partial charge >= 0.3 is 0 Å². The average molecular weight is 250 g/mol. The van der Waals surface area contributed by atoms with Crippen LogP contribution in [0, 0.1) is 0 Å². The molecule has 0 fully saturated rings. The molecule has 0 atom stereocenters. The van der Waals surface area contributed by atoms with E-state index in [9.17, 15) is 0 Å². The van der Waals surface area contributed by atoms with Gasteiger partial charge in [-0.3, -0.25) is 4.68 Å². The molecule has 0 saturated heterocycles. The maximum Gasteiger partial charge on any atom is 0.208 e. The van der Waals surface area contributed by atoms with Gasteiger partial charge in [-0.2, -0.15) is 5.10 Å². The summed E-state index contributed by atoms with van der Waals surface area (Å²) in [6.45, 7) is 3.97. The molecule has 0 bridgehead atoms. The molecule has 2 aromatic heterocycles. The first-order chi connectivity index (χ1) is 8.81. The highest BCUT2D eigenvalue weighted by molar-refractivity contribution is 5.03. The van der Waals surface area contributed by atoms with Gasteiger partial charge in [-0.15, -0.1) is 0 Å². The monoisotopic (exact) mass is 250 g/mol. The Hall–Kier alpha value is -1.66. The number of nitrogens with zero attached hydrogens (tertiary/aromatic N) is 3. The SMILES string of the molecule is CCc1cnc(CNCc2cnn(CCO)c2)o1. The van der Waals surface area contributed by atoms with Gasteiger partial charge in [0.15, 0.2) is 0 Å².